The van der Waals surface area contributed by atoms with E-state index in [0.717, 1.165) is 18.4 Å². The van der Waals surface area contributed by atoms with Gasteiger partial charge in [-0.25, -0.2) is 19.2 Å². The first kappa shape index (κ1) is 25.4. The van der Waals surface area contributed by atoms with Crippen LogP contribution in [0.2, 0.25) is 0 Å². The minimum Gasteiger partial charge on any atom is -0.336 e. The molecule has 40 heavy (non-hydrogen) atoms. The number of carbonyl (C=O) groups excluding carboxylic acids is 1. The third kappa shape index (κ3) is 4.93. The second-order valence-electron chi connectivity index (χ2n) is 10.0. The fraction of sp³-hybridized carbons (Fsp3) is 0.241. The van der Waals surface area contributed by atoms with Crippen molar-refractivity contribution in [2.45, 2.75) is 31.7 Å². The summed E-state index contributed by atoms with van der Waals surface area (Å²) in [5.74, 6) is -0.305. The van der Waals surface area contributed by atoms with Crippen LogP contribution in [-0.4, -0.2) is 42.4 Å². The number of amides is 1. The molecule has 0 bridgehead atoms. The molecule has 2 N–H and O–H groups in total. The molecular formula is C29H26FN7O3. The molecule has 202 valence electrons. The highest BCUT2D eigenvalue weighted by molar-refractivity contribution is 6.04. The monoisotopic (exact) mass is 539 g/mol. The molecule has 6 rings (SSSR count). The largest absolute Gasteiger partial charge is 0.336 e. The van der Waals surface area contributed by atoms with Crippen LogP contribution in [0.3, 0.4) is 0 Å². The molecule has 2 aromatic carbocycles. The zero-order valence-corrected chi connectivity index (χ0v) is 21.7. The van der Waals surface area contributed by atoms with Crippen molar-refractivity contribution < 1.29 is 9.18 Å². The molecule has 0 aliphatic heterocycles. The summed E-state index contributed by atoms with van der Waals surface area (Å²) in [7, 11) is 1.65. The standard InChI is InChI=1S/C29H26FN7O3/c1-36(28(39)23-15-31-12-13-32-23)20-10-8-18(9-11-20)21(14-19-4-2-3-5-22(19)30)25-33-24-26(34-25)37(16-17-6-7-17)29(40)35-27(24)38/h2-5,8-13,15,17,21H,6-7,14,16H2,1H3,(H,33,34)(H,35,38,40). The third-order valence-electron chi connectivity index (χ3n) is 7.27. The van der Waals surface area contributed by atoms with Gasteiger partial charge >= 0.3 is 5.69 Å². The van der Waals surface area contributed by atoms with Crippen LogP contribution in [0.5, 0.6) is 0 Å². The van der Waals surface area contributed by atoms with Crippen LogP contribution in [0, 0.1) is 11.7 Å². The van der Waals surface area contributed by atoms with Crippen molar-refractivity contribution in [3.63, 3.8) is 0 Å². The lowest BCUT2D eigenvalue weighted by Gasteiger charge is -2.19. The zero-order valence-electron chi connectivity index (χ0n) is 21.7. The highest BCUT2D eigenvalue weighted by Gasteiger charge is 2.27. The molecule has 0 spiro atoms. The zero-order chi connectivity index (χ0) is 27.8. The number of benzene rings is 2. The van der Waals surface area contributed by atoms with Crippen molar-refractivity contribution >= 4 is 22.8 Å². The lowest BCUT2D eigenvalue weighted by molar-refractivity contribution is 0.0988. The molecule has 11 heteroatoms. The van der Waals surface area contributed by atoms with Gasteiger partial charge in [0.2, 0.25) is 0 Å². The van der Waals surface area contributed by atoms with E-state index in [1.165, 1.54) is 34.1 Å². The third-order valence-corrected chi connectivity index (χ3v) is 7.27. The van der Waals surface area contributed by atoms with Gasteiger partial charge in [-0.1, -0.05) is 30.3 Å². The molecule has 1 aliphatic rings. The van der Waals surface area contributed by atoms with Gasteiger partial charge in [0.1, 0.15) is 22.9 Å². The highest BCUT2D eigenvalue weighted by atomic mass is 19.1. The van der Waals surface area contributed by atoms with Crippen LogP contribution in [0.15, 0.2) is 76.7 Å². The Balaban J connectivity index is 1.40. The van der Waals surface area contributed by atoms with E-state index in [4.69, 9.17) is 4.98 Å². The Morgan fingerprint density at radius 1 is 1.10 bits per heavy atom. The van der Waals surface area contributed by atoms with E-state index in [0.29, 0.717) is 35.2 Å². The van der Waals surface area contributed by atoms with Gasteiger partial charge in [0.25, 0.3) is 11.5 Å². The summed E-state index contributed by atoms with van der Waals surface area (Å²) in [6.07, 6.45) is 6.67. The van der Waals surface area contributed by atoms with Crippen LogP contribution in [0.25, 0.3) is 11.2 Å². The van der Waals surface area contributed by atoms with Crippen LogP contribution in [0.4, 0.5) is 10.1 Å². The van der Waals surface area contributed by atoms with Crippen LogP contribution in [-0.2, 0) is 13.0 Å². The van der Waals surface area contributed by atoms with Crippen molar-refractivity contribution in [3.8, 4) is 0 Å². The smallest absolute Gasteiger partial charge is 0.330 e. The molecule has 5 aromatic rings. The molecule has 1 aliphatic carbocycles. The number of anilines is 1. The number of aromatic nitrogens is 6. The Kier molecular flexibility index (Phi) is 6.54. The molecule has 1 amide bonds. The van der Waals surface area contributed by atoms with Gasteiger partial charge < -0.3 is 9.88 Å². The number of nitrogens with one attached hydrogen (secondary N) is 2. The minimum absolute atomic E-state index is 0.208. The summed E-state index contributed by atoms with van der Waals surface area (Å²) in [4.78, 5) is 57.9. The van der Waals surface area contributed by atoms with Crippen LogP contribution < -0.4 is 16.1 Å². The minimum atomic E-state index is -0.546. The number of H-pyrrole nitrogens is 2. The Labute approximate surface area is 227 Å². The average molecular weight is 540 g/mol. The SMILES string of the molecule is CN(C(=O)c1cnccn1)c1ccc(C(Cc2ccccc2F)c2nc3c([nH]2)c(=O)[nH]c(=O)n3CC2CC2)cc1. The summed E-state index contributed by atoms with van der Waals surface area (Å²) >= 11 is 0. The van der Waals surface area contributed by atoms with Gasteiger partial charge in [-0.3, -0.25) is 24.1 Å². The number of fused-ring (bicyclic) bond motifs is 1. The van der Waals surface area contributed by atoms with E-state index in [1.54, 1.807) is 37.4 Å². The maximum Gasteiger partial charge on any atom is 0.330 e. The maximum absolute atomic E-state index is 14.8. The number of hydrogen-bond donors (Lipinski definition) is 2. The van der Waals surface area contributed by atoms with Crippen molar-refractivity contribution in [3.05, 3.63) is 116 Å². The number of nitrogens with zero attached hydrogens (tertiary/aromatic N) is 5. The Morgan fingerprint density at radius 3 is 2.58 bits per heavy atom. The van der Waals surface area contributed by atoms with Gasteiger partial charge in [-0.15, -0.1) is 0 Å². The second kappa shape index (κ2) is 10.3. The molecule has 0 saturated heterocycles. The number of aromatic amines is 2. The van der Waals surface area contributed by atoms with Crippen molar-refractivity contribution in [2.24, 2.45) is 5.92 Å². The van der Waals surface area contributed by atoms with Crippen molar-refractivity contribution in [2.75, 3.05) is 11.9 Å². The second-order valence-corrected chi connectivity index (χ2v) is 10.0. The summed E-state index contributed by atoms with van der Waals surface area (Å²) in [6, 6.07) is 13.8. The molecular weight excluding hydrogens is 513 g/mol. The van der Waals surface area contributed by atoms with E-state index < -0.39 is 17.2 Å². The first-order valence-electron chi connectivity index (χ1n) is 13.0. The average Bonchev–Trinajstić information content (AvgIpc) is 3.69. The molecule has 3 aromatic heterocycles. The summed E-state index contributed by atoms with van der Waals surface area (Å²) in [6.45, 7) is 0.481. The Bertz CT molecular complexity index is 1810. The summed E-state index contributed by atoms with van der Waals surface area (Å²) in [5, 5.41) is 0. The highest BCUT2D eigenvalue weighted by Crippen LogP contribution is 2.32. The molecule has 1 unspecified atom stereocenters. The fourth-order valence-corrected chi connectivity index (χ4v) is 4.84. The van der Waals surface area contributed by atoms with E-state index >= 15 is 0 Å². The van der Waals surface area contributed by atoms with Gasteiger partial charge in [-0.2, -0.15) is 0 Å². The van der Waals surface area contributed by atoms with Crippen molar-refractivity contribution in [1.82, 2.24) is 29.5 Å². The molecule has 3 heterocycles. The summed E-state index contributed by atoms with van der Waals surface area (Å²) in [5.41, 5.74) is 1.58. The molecule has 1 atom stereocenters. The Morgan fingerprint density at radius 2 is 1.88 bits per heavy atom. The van der Waals surface area contributed by atoms with Gasteiger partial charge in [-0.05, 0) is 54.5 Å². The van der Waals surface area contributed by atoms with E-state index in [9.17, 15) is 18.8 Å². The quantitative estimate of drug-likeness (QED) is 0.311. The fourth-order valence-electron chi connectivity index (χ4n) is 4.84. The normalized spacial score (nSPS) is 13.8. The summed E-state index contributed by atoms with van der Waals surface area (Å²) < 4.78 is 16.3. The van der Waals surface area contributed by atoms with Crippen LogP contribution in [0.1, 0.15) is 46.2 Å². The predicted molar refractivity (Wildman–Crippen MR) is 147 cm³/mol. The van der Waals surface area contributed by atoms with Gasteiger partial charge in [0.05, 0.1) is 6.20 Å². The molecule has 1 saturated carbocycles. The van der Waals surface area contributed by atoms with E-state index in [2.05, 4.69) is 19.9 Å². The van der Waals surface area contributed by atoms with Crippen molar-refractivity contribution in [1.29, 1.82) is 0 Å². The molecule has 0 radical (unpaired) electrons. The lowest BCUT2D eigenvalue weighted by Crippen LogP contribution is -2.30. The van der Waals surface area contributed by atoms with E-state index in [1.807, 2.05) is 12.1 Å². The number of carbonyl (C=O) groups is 1. The first-order chi connectivity index (χ1) is 19.4. The molecule has 10 nitrogen and oxygen atoms in total. The number of hydrogen-bond acceptors (Lipinski definition) is 6. The topological polar surface area (TPSA) is 130 Å². The van der Waals surface area contributed by atoms with E-state index in [-0.39, 0.29) is 29.4 Å². The maximum atomic E-state index is 14.8. The molecule has 1 fully saturated rings. The van der Waals surface area contributed by atoms with Gasteiger partial charge in [0.15, 0.2) is 5.65 Å². The number of imidazole rings is 1. The van der Waals surface area contributed by atoms with Crippen LogP contribution >= 0.6 is 0 Å². The Hall–Kier alpha value is -4.93. The lowest BCUT2D eigenvalue weighted by atomic mass is 9.91. The number of rotatable bonds is 8. The van der Waals surface area contributed by atoms with Gasteiger partial charge in [0, 0.05) is 37.6 Å². The first-order valence-corrected chi connectivity index (χ1v) is 13.0. The number of halogens is 1. The predicted octanol–water partition coefficient (Wildman–Crippen LogP) is 3.40.